The summed E-state index contributed by atoms with van der Waals surface area (Å²) in [7, 11) is 4.99. The summed E-state index contributed by atoms with van der Waals surface area (Å²) in [6.45, 7) is 2.89. The Kier molecular flexibility index (Phi) is 4.48. The molecule has 4 rings (SSSR count). The Morgan fingerprint density at radius 2 is 1.93 bits per heavy atom. The van der Waals surface area contributed by atoms with E-state index in [1.807, 2.05) is 12.1 Å². The zero-order valence-corrected chi connectivity index (χ0v) is 16.2. The van der Waals surface area contributed by atoms with E-state index in [0.717, 1.165) is 24.1 Å². The SMILES string of the molecule is COc1cc2c(cc1OC)[C@]13C[C@@H](OC)C=CC1=CCN3C[C@H]2OC(C)=O. The maximum absolute atomic E-state index is 11.7. The van der Waals surface area contributed by atoms with Crippen molar-refractivity contribution < 1.29 is 23.7 Å². The van der Waals surface area contributed by atoms with Crippen LogP contribution in [0.4, 0.5) is 0 Å². The Hall–Kier alpha value is -2.31. The monoisotopic (exact) mass is 371 g/mol. The number of hydrogen-bond donors (Lipinski definition) is 0. The third kappa shape index (κ3) is 2.66. The molecular weight excluding hydrogens is 346 g/mol. The van der Waals surface area contributed by atoms with Gasteiger partial charge in [-0.05, 0) is 23.3 Å². The first kappa shape index (κ1) is 18.1. The van der Waals surface area contributed by atoms with Gasteiger partial charge in [0.25, 0.3) is 0 Å². The van der Waals surface area contributed by atoms with Crippen LogP contribution < -0.4 is 9.47 Å². The highest BCUT2D eigenvalue weighted by molar-refractivity contribution is 5.67. The summed E-state index contributed by atoms with van der Waals surface area (Å²) >= 11 is 0. The van der Waals surface area contributed by atoms with Crippen LogP contribution in [-0.2, 0) is 19.8 Å². The summed E-state index contributed by atoms with van der Waals surface area (Å²) in [5, 5.41) is 0. The quantitative estimate of drug-likeness (QED) is 0.759. The molecule has 1 spiro atoms. The number of benzene rings is 1. The van der Waals surface area contributed by atoms with Crippen molar-refractivity contribution in [1.82, 2.24) is 4.90 Å². The molecule has 0 saturated carbocycles. The fourth-order valence-corrected chi connectivity index (χ4v) is 4.69. The molecular formula is C21H25NO5. The topological polar surface area (TPSA) is 57.2 Å². The molecule has 0 amide bonds. The molecule has 1 aromatic carbocycles. The van der Waals surface area contributed by atoms with Gasteiger partial charge in [-0.1, -0.05) is 18.2 Å². The second-order valence-corrected chi connectivity index (χ2v) is 7.15. The number of carbonyl (C=O) groups is 1. The van der Waals surface area contributed by atoms with Gasteiger partial charge >= 0.3 is 5.97 Å². The van der Waals surface area contributed by atoms with E-state index in [-0.39, 0.29) is 23.7 Å². The van der Waals surface area contributed by atoms with Crippen molar-refractivity contribution in [3.05, 3.63) is 47.1 Å². The lowest BCUT2D eigenvalue weighted by Gasteiger charge is -2.50. The van der Waals surface area contributed by atoms with E-state index in [1.165, 1.54) is 12.5 Å². The van der Waals surface area contributed by atoms with Gasteiger partial charge < -0.3 is 18.9 Å². The minimum absolute atomic E-state index is 0.0222. The zero-order valence-electron chi connectivity index (χ0n) is 16.2. The fourth-order valence-electron chi connectivity index (χ4n) is 4.69. The lowest BCUT2D eigenvalue weighted by molar-refractivity contribution is -0.149. The molecule has 3 atom stereocenters. The standard InChI is InChI=1S/C21H25NO5/c1-13(23)27-20-12-22-8-7-14-5-6-15(24-2)11-21(14,22)17-10-19(26-4)18(25-3)9-16(17)20/h5-7,9-10,15,20H,8,11-12H2,1-4H3/t15-,20+,21-/m0/s1. The van der Waals surface area contributed by atoms with Gasteiger partial charge in [-0.25, -0.2) is 0 Å². The summed E-state index contributed by atoms with van der Waals surface area (Å²) in [5.41, 5.74) is 3.01. The van der Waals surface area contributed by atoms with E-state index in [0.29, 0.717) is 18.0 Å². The fraction of sp³-hybridized carbons (Fsp3) is 0.476. The molecule has 1 aromatic rings. The predicted octanol–water partition coefficient (Wildman–Crippen LogP) is 2.73. The van der Waals surface area contributed by atoms with Gasteiger partial charge in [0.05, 0.1) is 25.9 Å². The van der Waals surface area contributed by atoms with Crippen LogP contribution in [0.15, 0.2) is 35.9 Å². The highest BCUT2D eigenvalue weighted by Crippen LogP contribution is 2.54. The summed E-state index contributed by atoms with van der Waals surface area (Å²) in [6.07, 6.45) is 7.00. The van der Waals surface area contributed by atoms with Crippen LogP contribution in [0, 0.1) is 0 Å². The van der Waals surface area contributed by atoms with E-state index in [2.05, 4.69) is 23.1 Å². The van der Waals surface area contributed by atoms with E-state index >= 15 is 0 Å². The molecule has 144 valence electrons. The van der Waals surface area contributed by atoms with Crippen molar-refractivity contribution >= 4 is 5.97 Å². The molecule has 3 aliphatic rings. The van der Waals surface area contributed by atoms with Crippen molar-refractivity contribution in [3.63, 3.8) is 0 Å². The largest absolute Gasteiger partial charge is 0.493 e. The molecule has 0 unspecified atom stereocenters. The summed E-state index contributed by atoms with van der Waals surface area (Å²) < 4.78 is 22.4. The van der Waals surface area contributed by atoms with Crippen LogP contribution in [0.2, 0.25) is 0 Å². The van der Waals surface area contributed by atoms with Gasteiger partial charge in [-0.2, -0.15) is 0 Å². The highest BCUT2D eigenvalue weighted by Gasteiger charge is 2.53. The number of rotatable bonds is 4. The molecule has 27 heavy (non-hydrogen) atoms. The molecule has 0 fully saturated rings. The molecule has 0 saturated heterocycles. The highest BCUT2D eigenvalue weighted by atomic mass is 16.5. The summed E-state index contributed by atoms with van der Waals surface area (Å²) in [6, 6.07) is 3.98. The molecule has 2 heterocycles. The minimum atomic E-state index is -0.345. The lowest BCUT2D eigenvalue weighted by Crippen LogP contribution is -2.52. The van der Waals surface area contributed by atoms with Crippen molar-refractivity contribution in [1.29, 1.82) is 0 Å². The van der Waals surface area contributed by atoms with Gasteiger partial charge in [0.1, 0.15) is 6.10 Å². The Morgan fingerprint density at radius 3 is 2.59 bits per heavy atom. The third-order valence-corrected chi connectivity index (χ3v) is 5.88. The zero-order chi connectivity index (χ0) is 19.2. The van der Waals surface area contributed by atoms with Crippen LogP contribution >= 0.6 is 0 Å². The van der Waals surface area contributed by atoms with E-state index < -0.39 is 0 Å². The third-order valence-electron chi connectivity index (χ3n) is 5.88. The van der Waals surface area contributed by atoms with E-state index in [4.69, 9.17) is 18.9 Å². The second-order valence-electron chi connectivity index (χ2n) is 7.15. The van der Waals surface area contributed by atoms with Crippen LogP contribution in [0.3, 0.4) is 0 Å². The van der Waals surface area contributed by atoms with Gasteiger partial charge in [0.15, 0.2) is 11.5 Å². The average Bonchev–Trinajstić information content (AvgIpc) is 3.05. The first-order chi connectivity index (χ1) is 13.0. The molecule has 6 heteroatoms. The Balaban J connectivity index is 1.92. The molecule has 0 radical (unpaired) electrons. The van der Waals surface area contributed by atoms with Gasteiger partial charge in [0, 0.05) is 39.1 Å². The maximum atomic E-state index is 11.7. The molecule has 0 bridgehead atoms. The predicted molar refractivity (Wildman–Crippen MR) is 99.9 cm³/mol. The van der Waals surface area contributed by atoms with Gasteiger partial charge in [0.2, 0.25) is 0 Å². The van der Waals surface area contributed by atoms with Crippen molar-refractivity contribution in [3.8, 4) is 11.5 Å². The molecule has 2 aliphatic heterocycles. The maximum Gasteiger partial charge on any atom is 0.303 e. The number of hydrogen-bond acceptors (Lipinski definition) is 6. The Labute approximate surface area is 159 Å². The summed E-state index contributed by atoms with van der Waals surface area (Å²) in [5.74, 6) is 1.02. The Morgan fingerprint density at radius 1 is 1.19 bits per heavy atom. The molecule has 6 nitrogen and oxygen atoms in total. The number of carbonyl (C=O) groups excluding carboxylic acids is 1. The molecule has 0 N–H and O–H groups in total. The van der Waals surface area contributed by atoms with E-state index in [1.54, 1.807) is 21.3 Å². The van der Waals surface area contributed by atoms with Crippen molar-refractivity contribution in [2.24, 2.45) is 0 Å². The van der Waals surface area contributed by atoms with E-state index in [9.17, 15) is 4.79 Å². The second kappa shape index (κ2) is 6.69. The number of fused-ring (bicyclic) bond motifs is 1. The number of nitrogens with zero attached hydrogens (tertiary/aromatic N) is 1. The minimum Gasteiger partial charge on any atom is -0.493 e. The molecule has 1 aliphatic carbocycles. The van der Waals surface area contributed by atoms with Crippen LogP contribution in [0.5, 0.6) is 11.5 Å². The van der Waals surface area contributed by atoms with Gasteiger partial charge in [-0.15, -0.1) is 0 Å². The first-order valence-electron chi connectivity index (χ1n) is 9.13. The number of methoxy groups -OCH3 is 3. The smallest absolute Gasteiger partial charge is 0.303 e. The summed E-state index contributed by atoms with van der Waals surface area (Å²) in [4.78, 5) is 14.1. The first-order valence-corrected chi connectivity index (χ1v) is 9.13. The molecule has 0 aromatic heterocycles. The average molecular weight is 371 g/mol. The van der Waals surface area contributed by atoms with Crippen LogP contribution in [0.25, 0.3) is 0 Å². The van der Waals surface area contributed by atoms with Crippen molar-refractivity contribution in [2.45, 2.75) is 31.1 Å². The normalized spacial score (nSPS) is 28.7. The lowest BCUT2D eigenvalue weighted by atomic mass is 9.70. The van der Waals surface area contributed by atoms with Crippen LogP contribution in [0.1, 0.15) is 30.6 Å². The number of esters is 1. The van der Waals surface area contributed by atoms with Crippen molar-refractivity contribution in [2.75, 3.05) is 34.4 Å². The van der Waals surface area contributed by atoms with Crippen LogP contribution in [-0.4, -0.2) is 51.4 Å². The number of ether oxygens (including phenoxy) is 4. The Bertz CT molecular complexity index is 830. The van der Waals surface area contributed by atoms with Gasteiger partial charge in [-0.3, -0.25) is 9.69 Å².